The van der Waals surface area contributed by atoms with Crippen molar-refractivity contribution >= 4 is 17.5 Å². The van der Waals surface area contributed by atoms with Crippen molar-refractivity contribution in [2.45, 2.75) is 25.8 Å². The fraction of sp³-hybridized carbons (Fsp3) is 0.417. The fourth-order valence-electron chi connectivity index (χ4n) is 1.49. The van der Waals surface area contributed by atoms with Crippen molar-refractivity contribution < 1.29 is 9.90 Å². The summed E-state index contributed by atoms with van der Waals surface area (Å²) in [5.41, 5.74) is 5.32. The molecule has 0 fully saturated rings. The summed E-state index contributed by atoms with van der Waals surface area (Å²) in [7, 11) is 0. The summed E-state index contributed by atoms with van der Waals surface area (Å²) in [4.78, 5) is 12.0. The first-order valence-electron chi connectivity index (χ1n) is 5.37. The molecule has 0 saturated heterocycles. The minimum atomic E-state index is -0.402. The molecule has 1 aromatic rings. The van der Waals surface area contributed by atoms with E-state index >= 15 is 0 Å². The molecule has 5 heteroatoms. The highest BCUT2D eigenvalue weighted by atomic mass is 35.5. The normalized spacial score (nSPS) is 11.3. The first-order valence-corrected chi connectivity index (χ1v) is 5.74. The van der Waals surface area contributed by atoms with E-state index in [1.807, 2.05) is 13.8 Å². The highest BCUT2D eigenvalue weighted by Crippen LogP contribution is 2.22. The molecule has 0 aliphatic heterocycles. The van der Waals surface area contributed by atoms with E-state index < -0.39 is 5.54 Å². The number of hydrogen-bond acceptors (Lipinski definition) is 3. The van der Waals surface area contributed by atoms with E-state index in [1.165, 1.54) is 18.2 Å². The van der Waals surface area contributed by atoms with Gasteiger partial charge in [-0.15, -0.1) is 0 Å². The number of nitrogens with two attached hydrogens (primary N) is 1. The minimum absolute atomic E-state index is 0.0104. The van der Waals surface area contributed by atoms with Gasteiger partial charge in [-0.2, -0.15) is 0 Å². The lowest BCUT2D eigenvalue weighted by molar-refractivity contribution is 0.0910. The summed E-state index contributed by atoms with van der Waals surface area (Å²) in [5.74, 6) is -0.305. The van der Waals surface area contributed by atoms with Crippen LogP contribution in [0.1, 0.15) is 30.6 Å². The Morgan fingerprint density at radius 1 is 1.53 bits per heavy atom. The van der Waals surface area contributed by atoms with Crippen LogP contribution in [0, 0.1) is 0 Å². The van der Waals surface area contributed by atoms with Crippen molar-refractivity contribution in [3.05, 3.63) is 28.8 Å². The molecule has 4 nitrogen and oxygen atoms in total. The van der Waals surface area contributed by atoms with Gasteiger partial charge in [0.2, 0.25) is 0 Å². The SMILES string of the molecule is CC(C)(CCN)NC(=O)c1cc(O)ccc1Cl. The number of benzene rings is 1. The zero-order chi connectivity index (χ0) is 13.1. The molecule has 0 radical (unpaired) electrons. The molecule has 0 atom stereocenters. The lowest BCUT2D eigenvalue weighted by Gasteiger charge is -2.25. The summed E-state index contributed by atoms with van der Waals surface area (Å²) in [6.07, 6.45) is 0.662. The summed E-state index contributed by atoms with van der Waals surface area (Å²) in [5, 5.41) is 12.5. The molecule has 0 aliphatic rings. The molecule has 0 aromatic heterocycles. The molecule has 1 amide bonds. The topological polar surface area (TPSA) is 75.3 Å². The summed E-state index contributed by atoms with van der Waals surface area (Å²) < 4.78 is 0. The van der Waals surface area contributed by atoms with Gasteiger partial charge in [0.15, 0.2) is 0 Å². The Morgan fingerprint density at radius 3 is 2.76 bits per heavy atom. The summed E-state index contributed by atoms with van der Waals surface area (Å²) in [6, 6.07) is 4.27. The average Bonchev–Trinajstić information content (AvgIpc) is 2.20. The van der Waals surface area contributed by atoms with Crippen molar-refractivity contribution in [2.24, 2.45) is 5.73 Å². The molecule has 0 aliphatic carbocycles. The maximum atomic E-state index is 12.0. The third kappa shape index (κ3) is 3.91. The Morgan fingerprint density at radius 2 is 2.18 bits per heavy atom. The number of halogens is 1. The maximum absolute atomic E-state index is 12.0. The van der Waals surface area contributed by atoms with Gasteiger partial charge in [0, 0.05) is 5.54 Å². The molecule has 0 saturated carbocycles. The lowest BCUT2D eigenvalue weighted by atomic mass is 10.00. The number of hydrogen-bond donors (Lipinski definition) is 3. The molecular formula is C12H17ClN2O2. The molecule has 0 unspecified atom stereocenters. The molecule has 1 aromatic carbocycles. The highest BCUT2D eigenvalue weighted by molar-refractivity contribution is 6.33. The van der Waals surface area contributed by atoms with Crippen molar-refractivity contribution in [2.75, 3.05) is 6.54 Å². The molecule has 94 valence electrons. The third-order valence-electron chi connectivity index (χ3n) is 2.42. The maximum Gasteiger partial charge on any atom is 0.253 e. The van der Waals surface area contributed by atoms with Crippen LogP contribution in [-0.2, 0) is 0 Å². The van der Waals surface area contributed by atoms with E-state index in [4.69, 9.17) is 17.3 Å². The number of phenols is 1. The first-order chi connectivity index (χ1) is 7.85. The van der Waals surface area contributed by atoms with Gasteiger partial charge in [0.25, 0.3) is 5.91 Å². The Balaban J connectivity index is 2.86. The van der Waals surface area contributed by atoms with Crippen molar-refractivity contribution in [3.8, 4) is 5.75 Å². The van der Waals surface area contributed by atoms with Crippen molar-refractivity contribution in [1.29, 1.82) is 0 Å². The van der Waals surface area contributed by atoms with Crippen LogP contribution in [0.25, 0.3) is 0 Å². The van der Waals surface area contributed by atoms with Crippen LogP contribution >= 0.6 is 11.6 Å². The van der Waals surface area contributed by atoms with Gasteiger partial charge >= 0.3 is 0 Å². The molecule has 1 rings (SSSR count). The number of nitrogens with one attached hydrogen (secondary N) is 1. The van der Waals surface area contributed by atoms with E-state index in [1.54, 1.807) is 0 Å². The van der Waals surface area contributed by atoms with Crippen LogP contribution in [-0.4, -0.2) is 23.1 Å². The number of carbonyl (C=O) groups excluding carboxylic acids is 1. The van der Waals surface area contributed by atoms with Crippen LogP contribution in [0.15, 0.2) is 18.2 Å². The van der Waals surface area contributed by atoms with Gasteiger partial charge in [-0.3, -0.25) is 4.79 Å². The highest BCUT2D eigenvalue weighted by Gasteiger charge is 2.21. The lowest BCUT2D eigenvalue weighted by Crippen LogP contribution is -2.44. The average molecular weight is 257 g/mol. The van der Waals surface area contributed by atoms with Gasteiger partial charge in [-0.25, -0.2) is 0 Å². The molecule has 17 heavy (non-hydrogen) atoms. The number of rotatable bonds is 4. The van der Waals surface area contributed by atoms with E-state index in [0.717, 1.165) is 0 Å². The quantitative estimate of drug-likeness (QED) is 0.770. The second-order valence-corrected chi connectivity index (χ2v) is 4.95. The van der Waals surface area contributed by atoms with Crippen LogP contribution in [0.2, 0.25) is 5.02 Å². The van der Waals surface area contributed by atoms with Crippen LogP contribution in [0.4, 0.5) is 0 Å². The van der Waals surface area contributed by atoms with Gasteiger partial charge in [-0.05, 0) is 45.0 Å². The van der Waals surface area contributed by atoms with Gasteiger partial charge in [0.05, 0.1) is 10.6 Å². The molecular weight excluding hydrogens is 240 g/mol. The zero-order valence-corrected chi connectivity index (χ0v) is 10.7. The number of aromatic hydroxyl groups is 1. The monoisotopic (exact) mass is 256 g/mol. The smallest absolute Gasteiger partial charge is 0.253 e. The third-order valence-corrected chi connectivity index (χ3v) is 2.75. The van der Waals surface area contributed by atoms with Crippen molar-refractivity contribution in [3.63, 3.8) is 0 Å². The predicted octanol–water partition coefficient (Wildman–Crippen LogP) is 1.90. The molecule has 0 bridgehead atoms. The van der Waals surface area contributed by atoms with Crippen molar-refractivity contribution in [1.82, 2.24) is 5.32 Å². The van der Waals surface area contributed by atoms with Gasteiger partial charge in [-0.1, -0.05) is 11.6 Å². The summed E-state index contributed by atoms with van der Waals surface area (Å²) >= 11 is 5.90. The number of phenolic OH excluding ortho intramolecular Hbond substituents is 1. The molecule has 0 heterocycles. The number of amides is 1. The summed E-state index contributed by atoms with van der Waals surface area (Å²) in [6.45, 7) is 4.25. The Kier molecular flexibility index (Phi) is 4.37. The fourth-order valence-corrected chi connectivity index (χ4v) is 1.69. The first kappa shape index (κ1) is 13.8. The molecule has 0 spiro atoms. The van der Waals surface area contributed by atoms with E-state index in [2.05, 4.69) is 5.32 Å². The second-order valence-electron chi connectivity index (χ2n) is 4.54. The van der Waals surface area contributed by atoms with Crippen LogP contribution < -0.4 is 11.1 Å². The number of carbonyl (C=O) groups is 1. The standard InChI is InChI=1S/C12H17ClN2O2/c1-12(2,5-6-14)15-11(17)9-7-8(16)3-4-10(9)13/h3-4,7,16H,5-6,14H2,1-2H3,(H,15,17). The Labute approximate surface area is 106 Å². The van der Waals surface area contributed by atoms with E-state index in [-0.39, 0.29) is 17.2 Å². The minimum Gasteiger partial charge on any atom is -0.508 e. The molecule has 4 N–H and O–H groups in total. The Hall–Kier alpha value is -1.26. The predicted molar refractivity (Wildman–Crippen MR) is 68.3 cm³/mol. The zero-order valence-electron chi connectivity index (χ0n) is 9.96. The second kappa shape index (κ2) is 5.38. The van der Waals surface area contributed by atoms with Crippen LogP contribution in [0.5, 0.6) is 5.75 Å². The van der Waals surface area contributed by atoms with E-state index in [0.29, 0.717) is 18.0 Å². The van der Waals surface area contributed by atoms with Gasteiger partial charge < -0.3 is 16.2 Å². The van der Waals surface area contributed by atoms with E-state index in [9.17, 15) is 9.90 Å². The largest absolute Gasteiger partial charge is 0.508 e. The Bertz CT molecular complexity index is 419. The van der Waals surface area contributed by atoms with Gasteiger partial charge in [0.1, 0.15) is 5.75 Å². The van der Waals surface area contributed by atoms with Crippen LogP contribution in [0.3, 0.4) is 0 Å².